The van der Waals surface area contributed by atoms with Gasteiger partial charge in [0.2, 0.25) is 0 Å². The number of aromatic nitrogens is 6. The molecule has 3 atom stereocenters. The average Bonchev–Trinajstić information content (AvgIpc) is 3.74. The summed E-state index contributed by atoms with van der Waals surface area (Å²) in [5.41, 5.74) is 12.2. The number of nitrogens with zero attached hydrogens (tertiary/aromatic N) is 6. The third kappa shape index (κ3) is 4.55. The number of nitrogens with two attached hydrogens (primary N) is 1. The summed E-state index contributed by atoms with van der Waals surface area (Å²) < 4.78 is 27.8. The van der Waals surface area contributed by atoms with Crippen LogP contribution in [-0.2, 0) is 9.84 Å². The lowest BCUT2D eigenvalue weighted by atomic mass is 9.87. The van der Waals surface area contributed by atoms with Crippen LogP contribution in [0.25, 0.3) is 38.9 Å². The number of aromatic amines is 1. The quantitative estimate of drug-likeness (QED) is 0.278. The van der Waals surface area contributed by atoms with E-state index in [0.29, 0.717) is 35.4 Å². The average molecular weight is 619 g/mol. The van der Waals surface area contributed by atoms with Gasteiger partial charge in [-0.15, -0.1) is 0 Å². The van der Waals surface area contributed by atoms with Crippen LogP contribution >= 0.6 is 0 Å². The molecule has 3 N–H and O–H groups in total. The molecule has 1 aromatic carbocycles. The molecule has 8 rings (SSSR count). The number of sulfone groups is 1. The van der Waals surface area contributed by atoms with Crippen LogP contribution < -0.4 is 5.73 Å². The highest BCUT2D eigenvalue weighted by Crippen LogP contribution is 2.46. The highest BCUT2D eigenvalue weighted by molar-refractivity contribution is 7.91. The monoisotopic (exact) mass is 618 g/mol. The fourth-order valence-electron chi connectivity index (χ4n) is 7.17. The second-order valence-electron chi connectivity index (χ2n) is 12.0. The molecule has 2 fully saturated rings. The number of amides is 1. The normalized spacial score (nSPS) is 19.8. The highest BCUT2D eigenvalue weighted by Gasteiger charge is 2.46. The van der Waals surface area contributed by atoms with E-state index in [1.54, 1.807) is 24.8 Å². The molecule has 11 nitrogen and oxygen atoms in total. The third-order valence-corrected chi connectivity index (χ3v) is 10.3. The molecule has 0 spiro atoms. The van der Waals surface area contributed by atoms with Gasteiger partial charge in [-0.25, -0.2) is 13.4 Å². The first-order valence-corrected chi connectivity index (χ1v) is 16.8. The molecule has 0 saturated carbocycles. The molecule has 12 heteroatoms. The summed E-state index contributed by atoms with van der Waals surface area (Å²) in [6.07, 6.45) is 10.9. The number of carbonyl (C=O) groups is 1. The van der Waals surface area contributed by atoms with Crippen molar-refractivity contribution in [2.45, 2.75) is 48.6 Å². The van der Waals surface area contributed by atoms with Gasteiger partial charge in [-0.05, 0) is 43.9 Å². The lowest BCUT2D eigenvalue weighted by Gasteiger charge is -2.39. The second kappa shape index (κ2) is 10.2. The van der Waals surface area contributed by atoms with Gasteiger partial charge in [-0.3, -0.25) is 14.8 Å². The summed E-state index contributed by atoms with van der Waals surface area (Å²) >= 11 is 0. The summed E-state index contributed by atoms with van der Waals surface area (Å²) in [5.74, 6) is -0.208. The number of carbonyl (C=O) groups excluding carboxylic acids is 1. The number of hydrogen-bond donors (Lipinski definition) is 2. The van der Waals surface area contributed by atoms with Crippen molar-refractivity contribution in [3.8, 4) is 22.4 Å². The molecule has 5 aromatic heterocycles. The molecule has 2 saturated heterocycles. The fourth-order valence-corrected chi connectivity index (χ4v) is 8.23. The molecule has 0 radical (unpaired) electrons. The smallest absolute Gasteiger partial charge is 0.270 e. The van der Waals surface area contributed by atoms with E-state index in [4.69, 9.17) is 10.7 Å². The van der Waals surface area contributed by atoms with Crippen LogP contribution in [0.1, 0.15) is 47.8 Å². The molecule has 6 aromatic rings. The van der Waals surface area contributed by atoms with Crippen molar-refractivity contribution in [2.24, 2.45) is 0 Å². The summed E-state index contributed by atoms with van der Waals surface area (Å²) in [6.45, 7) is 0. The SMILES string of the molecule is CS(=O)(=O)c1c(C2C[C@H]3CC[C@@H](C2)N3C(=O)c2cc3cnccc3[nH]2)nc2c(-c3ccc(-c4ccccc4)nc3)cnn2c1N. The molecule has 226 valence electrons. The topological polar surface area (TPSA) is 152 Å². The Kier molecular flexibility index (Phi) is 6.24. The van der Waals surface area contributed by atoms with Crippen LogP contribution in [0.15, 0.2) is 84.3 Å². The van der Waals surface area contributed by atoms with Gasteiger partial charge in [0.05, 0.1) is 17.6 Å². The molecule has 2 bridgehead atoms. The molecular weight excluding hydrogens is 588 g/mol. The van der Waals surface area contributed by atoms with Gasteiger partial charge in [-0.1, -0.05) is 36.4 Å². The van der Waals surface area contributed by atoms with Gasteiger partial charge in [0, 0.05) is 70.4 Å². The lowest BCUT2D eigenvalue weighted by Crippen LogP contribution is -2.46. The maximum absolute atomic E-state index is 13.7. The van der Waals surface area contributed by atoms with Gasteiger partial charge in [0.25, 0.3) is 5.91 Å². The largest absolute Gasteiger partial charge is 0.382 e. The summed E-state index contributed by atoms with van der Waals surface area (Å²) in [7, 11) is -3.75. The first kappa shape index (κ1) is 27.4. The Labute approximate surface area is 259 Å². The first-order valence-electron chi connectivity index (χ1n) is 14.9. The molecular formula is C33H30N8O3S. The van der Waals surface area contributed by atoms with Crippen molar-refractivity contribution in [1.29, 1.82) is 0 Å². The zero-order valence-electron chi connectivity index (χ0n) is 24.5. The Morgan fingerprint density at radius 2 is 1.76 bits per heavy atom. The standard InChI is InChI=1S/C33H30N8O3S/c1-45(43,44)30-29(21-13-23-8-9-24(14-21)40(23)33(42)28-15-22-16-35-12-11-27(22)38-28)39-32-25(18-37-41(32)31(30)34)20-7-10-26(36-17-20)19-5-3-2-4-6-19/h2-7,10-12,15-18,21,23-24,38H,8-9,13-14,34H2,1H3/t21?,23-,24+. The minimum absolute atomic E-state index is 0.00879. The predicted molar refractivity (Wildman–Crippen MR) is 170 cm³/mol. The number of H-pyrrole nitrogens is 1. The van der Waals surface area contributed by atoms with E-state index in [2.05, 4.69) is 20.1 Å². The molecule has 0 aliphatic carbocycles. The number of benzene rings is 1. The number of nitrogens with one attached hydrogen (secondary N) is 1. The van der Waals surface area contributed by atoms with Gasteiger partial charge in [-0.2, -0.15) is 9.61 Å². The van der Waals surface area contributed by atoms with Gasteiger partial charge in [0.1, 0.15) is 16.4 Å². The van der Waals surface area contributed by atoms with Gasteiger partial charge in [0.15, 0.2) is 15.5 Å². The minimum Gasteiger partial charge on any atom is -0.382 e. The van der Waals surface area contributed by atoms with E-state index in [1.807, 2.05) is 59.5 Å². The molecule has 1 amide bonds. The van der Waals surface area contributed by atoms with Crippen LogP contribution in [0.5, 0.6) is 0 Å². The van der Waals surface area contributed by atoms with Gasteiger partial charge >= 0.3 is 0 Å². The Balaban J connectivity index is 1.16. The predicted octanol–water partition coefficient (Wildman–Crippen LogP) is 4.87. The molecule has 45 heavy (non-hydrogen) atoms. The molecule has 2 aliphatic heterocycles. The van der Waals surface area contributed by atoms with Crippen molar-refractivity contribution < 1.29 is 13.2 Å². The molecule has 7 heterocycles. The number of hydrogen-bond acceptors (Lipinski definition) is 8. The molecule has 2 aliphatic rings. The van der Waals surface area contributed by atoms with E-state index in [1.165, 1.54) is 4.52 Å². The molecule has 1 unspecified atom stereocenters. The maximum Gasteiger partial charge on any atom is 0.270 e. The number of piperidine rings is 1. The van der Waals surface area contributed by atoms with E-state index in [0.717, 1.165) is 46.8 Å². The zero-order chi connectivity index (χ0) is 30.9. The number of anilines is 1. The number of fused-ring (bicyclic) bond motifs is 4. The van der Waals surface area contributed by atoms with Gasteiger partial charge < -0.3 is 15.6 Å². The van der Waals surface area contributed by atoms with Crippen LogP contribution in [0, 0.1) is 0 Å². The fraction of sp³-hybridized carbons (Fsp3) is 0.242. The van der Waals surface area contributed by atoms with Crippen molar-refractivity contribution in [3.05, 3.63) is 90.8 Å². The maximum atomic E-state index is 13.7. The van der Waals surface area contributed by atoms with Crippen LogP contribution in [0.4, 0.5) is 5.82 Å². The van der Waals surface area contributed by atoms with E-state index < -0.39 is 9.84 Å². The summed E-state index contributed by atoms with van der Waals surface area (Å²) in [4.78, 5) is 32.8. The van der Waals surface area contributed by atoms with Crippen molar-refractivity contribution in [3.63, 3.8) is 0 Å². The van der Waals surface area contributed by atoms with Crippen LogP contribution in [0.3, 0.4) is 0 Å². The summed E-state index contributed by atoms with van der Waals surface area (Å²) in [5, 5.41) is 5.33. The zero-order valence-corrected chi connectivity index (χ0v) is 25.3. The Bertz CT molecular complexity index is 2160. The first-order chi connectivity index (χ1) is 21.8. The second-order valence-corrected chi connectivity index (χ2v) is 13.9. The lowest BCUT2D eigenvalue weighted by molar-refractivity contribution is 0.0563. The Morgan fingerprint density at radius 1 is 0.978 bits per heavy atom. The van der Waals surface area contributed by atoms with E-state index in [9.17, 15) is 13.2 Å². The van der Waals surface area contributed by atoms with Crippen LogP contribution in [0.2, 0.25) is 0 Å². The minimum atomic E-state index is -3.75. The van der Waals surface area contributed by atoms with Crippen molar-refractivity contribution >= 4 is 38.1 Å². The van der Waals surface area contributed by atoms with Crippen LogP contribution in [-0.4, -0.2) is 67.1 Å². The number of nitrogen functional groups attached to an aromatic ring is 1. The summed E-state index contributed by atoms with van der Waals surface area (Å²) in [6, 6.07) is 17.4. The Morgan fingerprint density at radius 3 is 2.44 bits per heavy atom. The van der Waals surface area contributed by atoms with E-state index >= 15 is 0 Å². The number of pyridine rings is 2. The van der Waals surface area contributed by atoms with Crippen molar-refractivity contribution in [1.82, 2.24) is 34.4 Å². The van der Waals surface area contributed by atoms with E-state index in [-0.39, 0.29) is 34.6 Å². The third-order valence-electron chi connectivity index (χ3n) is 9.18. The van der Waals surface area contributed by atoms with Crippen molar-refractivity contribution in [2.75, 3.05) is 12.0 Å². The number of rotatable bonds is 5. The Hall–Kier alpha value is -5.10. The highest BCUT2D eigenvalue weighted by atomic mass is 32.2.